The Morgan fingerprint density at radius 3 is 2.29 bits per heavy atom. The molecule has 0 aliphatic rings. The first-order valence-corrected chi connectivity index (χ1v) is 7.72. The summed E-state index contributed by atoms with van der Waals surface area (Å²) in [6.45, 7) is 7.87. The van der Waals surface area contributed by atoms with Crippen LogP contribution in [0.2, 0.25) is 0 Å². The first-order chi connectivity index (χ1) is 10.0. The van der Waals surface area contributed by atoms with Gasteiger partial charge < -0.3 is 15.0 Å². The largest absolute Gasteiger partial charge is 0.383 e. The predicted molar refractivity (Wildman–Crippen MR) is 86.8 cm³/mol. The highest BCUT2D eigenvalue weighted by atomic mass is 16.5. The highest BCUT2D eigenvalue weighted by Crippen LogP contribution is 2.12. The molecular weight excluding hydrogens is 264 g/mol. The second-order valence-corrected chi connectivity index (χ2v) is 5.69. The van der Waals surface area contributed by atoms with Gasteiger partial charge in [-0.2, -0.15) is 0 Å². The van der Waals surface area contributed by atoms with Crippen molar-refractivity contribution in [2.75, 3.05) is 47.4 Å². The summed E-state index contributed by atoms with van der Waals surface area (Å²) >= 11 is 0. The van der Waals surface area contributed by atoms with Crippen LogP contribution < -0.4 is 5.32 Å². The Morgan fingerprint density at radius 1 is 1.05 bits per heavy atom. The lowest BCUT2D eigenvalue weighted by molar-refractivity contribution is 0.199. The van der Waals surface area contributed by atoms with Gasteiger partial charge in [0.2, 0.25) is 0 Å². The molecule has 0 radical (unpaired) electrons. The minimum absolute atomic E-state index is 0.766. The summed E-state index contributed by atoms with van der Waals surface area (Å²) in [5, 5.41) is 3.37. The van der Waals surface area contributed by atoms with E-state index in [9.17, 15) is 0 Å². The van der Waals surface area contributed by atoms with Gasteiger partial charge >= 0.3 is 0 Å². The summed E-state index contributed by atoms with van der Waals surface area (Å²) in [6, 6.07) is 0. The number of nitrogens with zero attached hydrogens (tertiary/aromatic N) is 3. The second-order valence-electron chi connectivity index (χ2n) is 5.69. The third-order valence-electron chi connectivity index (χ3n) is 3.51. The zero-order chi connectivity index (χ0) is 15.7. The van der Waals surface area contributed by atoms with Gasteiger partial charge in [0.1, 0.15) is 5.82 Å². The lowest BCUT2D eigenvalue weighted by Crippen LogP contribution is -2.21. The van der Waals surface area contributed by atoms with Gasteiger partial charge in [-0.05, 0) is 52.9 Å². The van der Waals surface area contributed by atoms with Crippen molar-refractivity contribution in [2.45, 2.75) is 33.1 Å². The van der Waals surface area contributed by atoms with Gasteiger partial charge in [0.25, 0.3) is 0 Å². The third-order valence-corrected chi connectivity index (χ3v) is 3.51. The van der Waals surface area contributed by atoms with Gasteiger partial charge in [-0.3, -0.25) is 0 Å². The molecule has 1 N–H and O–H groups in total. The molecule has 0 spiro atoms. The van der Waals surface area contributed by atoms with Gasteiger partial charge in [0.05, 0.1) is 6.61 Å². The predicted octanol–water partition coefficient (Wildman–Crippen LogP) is 1.37. The van der Waals surface area contributed by atoms with E-state index in [2.05, 4.69) is 48.1 Å². The number of aryl methyl sites for hydroxylation is 2. The molecule has 21 heavy (non-hydrogen) atoms. The van der Waals surface area contributed by atoms with E-state index < -0.39 is 0 Å². The third kappa shape index (κ3) is 6.98. The smallest absolute Gasteiger partial charge is 0.130 e. The fourth-order valence-electron chi connectivity index (χ4n) is 2.30. The minimum Gasteiger partial charge on any atom is -0.383 e. The van der Waals surface area contributed by atoms with E-state index in [4.69, 9.17) is 4.74 Å². The molecule has 0 aliphatic carbocycles. The Labute approximate surface area is 129 Å². The van der Waals surface area contributed by atoms with Crippen molar-refractivity contribution in [2.24, 2.45) is 0 Å². The average molecular weight is 294 g/mol. The molecule has 1 heterocycles. The van der Waals surface area contributed by atoms with Crippen LogP contribution in [0.15, 0.2) is 0 Å². The lowest BCUT2D eigenvalue weighted by Gasteiger charge is -2.13. The number of nitrogens with one attached hydrogen (secondary N) is 1. The topological polar surface area (TPSA) is 50.3 Å². The second kappa shape index (κ2) is 9.82. The first kappa shape index (κ1) is 18.0. The molecule has 1 aromatic rings. The number of likely N-dealkylation sites (N-methyl/N-ethyl adjacent to an activating group) is 1. The summed E-state index contributed by atoms with van der Waals surface area (Å²) in [4.78, 5) is 11.5. The van der Waals surface area contributed by atoms with Crippen LogP contribution in [0.1, 0.15) is 29.2 Å². The maximum Gasteiger partial charge on any atom is 0.130 e. The van der Waals surface area contributed by atoms with Gasteiger partial charge in [-0.25, -0.2) is 9.97 Å². The molecule has 0 atom stereocenters. The van der Waals surface area contributed by atoms with E-state index in [0.717, 1.165) is 62.7 Å². The van der Waals surface area contributed by atoms with Gasteiger partial charge in [-0.1, -0.05) is 0 Å². The molecule has 0 fully saturated rings. The van der Waals surface area contributed by atoms with Gasteiger partial charge in [0, 0.05) is 38.0 Å². The fourth-order valence-corrected chi connectivity index (χ4v) is 2.30. The minimum atomic E-state index is 0.766. The van der Waals surface area contributed by atoms with E-state index in [0.29, 0.717) is 0 Å². The quantitative estimate of drug-likeness (QED) is 0.661. The molecule has 0 aliphatic heterocycles. The molecule has 5 heteroatoms. The molecule has 120 valence electrons. The molecule has 0 unspecified atom stereocenters. The molecule has 0 saturated heterocycles. The zero-order valence-electron chi connectivity index (χ0n) is 14.2. The Bertz CT molecular complexity index is 398. The Kier molecular flexibility index (Phi) is 8.42. The molecule has 0 amide bonds. The lowest BCUT2D eigenvalue weighted by atomic mass is 10.1. The van der Waals surface area contributed by atoms with Crippen molar-refractivity contribution in [3.05, 3.63) is 22.8 Å². The Balaban J connectivity index is 2.47. The highest BCUT2D eigenvalue weighted by molar-refractivity contribution is 5.24. The van der Waals surface area contributed by atoms with E-state index in [1.54, 1.807) is 7.11 Å². The van der Waals surface area contributed by atoms with Crippen molar-refractivity contribution in [3.63, 3.8) is 0 Å². The molecule has 0 saturated carbocycles. The number of methoxy groups -OCH3 is 1. The van der Waals surface area contributed by atoms with Crippen LogP contribution in [0.5, 0.6) is 0 Å². The van der Waals surface area contributed by atoms with Crippen LogP contribution in [0.25, 0.3) is 0 Å². The van der Waals surface area contributed by atoms with Crippen molar-refractivity contribution < 1.29 is 4.74 Å². The van der Waals surface area contributed by atoms with E-state index in [1.165, 1.54) is 5.56 Å². The van der Waals surface area contributed by atoms with E-state index >= 15 is 0 Å². The van der Waals surface area contributed by atoms with Crippen molar-refractivity contribution in [1.29, 1.82) is 0 Å². The molecule has 5 nitrogen and oxygen atoms in total. The standard InChI is InChI=1S/C16H30N4O/c1-13-15(7-6-9-17-10-12-21-5)14(2)19-16(18-13)8-11-20(3)4/h17H,6-12H2,1-5H3. The summed E-state index contributed by atoms with van der Waals surface area (Å²) in [5.41, 5.74) is 3.57. The monoisotopic (exact) mass is 294 g/mol. The van der Waals surface area contributed by atoms with Crippen LogP contribution in [-0.2, 0) is 17.6 Å². The SMILES string of the molecule is COCCNCCCc1c(C)nc(CCN(C)C)nc1C. The van der Waals surface area contributed by atoms with Crippen LogP contribution in [-0.4, -0.2) is 62.3 Å². The molecular formula is C16H30N4O. The number of aromatic nitrogens is 2. The van der Waals surface area contributed by atoms with Crippen molar-refractivity contribution in [3.8, 4) is 0 Å². The Hall–Kier alpha value is -1.04. The van der Waals surface area contributed by atoms with Crippen molar-refractivity contribution >= 4 is 0 Å². The maximum absolute atomic E-state index is 5.01. The zero-order valence-corrected chi connectivity index (χ0v) is 14.2. The van der Waals surface area contributed by atoms with Crippen LogP contribution in [0, 0.1) is 13.8 Å². The molecule has 1 rings (SSSR count). The summed E-state index contributed by atoms with van der Waals surface area (Å²) < 4.78 is 5.01. The van der Waals surface area contributed by atoms with Gasteiger partial charge in [0.15, 0.2) is 0 Å². The molecule has 0 bridgehead atoms. The number of ether oxygens (including phenoxy) is 1. The normalized spacial score (nSPS) is 11.3. The molecule has 1 aromatic heterocycles. The first-order valence-electron chi connectivity index (χ1n) is 7.72. The number of hydrogen-bond donors (Lipinski definition) is 1. The van der Waals surface area contributed by atoms with Crippen LogP contribution in [0.4, 0.5) is 0 Å². The summed E-state index contributed by atoms with van der Waals surface area (Å²) in [6.07, 6.45) is 3.05. The van der Waals surface area contributed by atoms with Crippen molar-refractivity contribution in [1.82, 2.24) is 20.2 Å². The van der Waals surface area contributed by atoms with Crippen LogP contribution in [0.3, 0.4) is 0 Å². The Morgan fingerprint density at radius 2 is 1.71 bits per heavy atom. The van der Waals surface area contributed by atoms with E-state index in [-0.39, 0.29) is 0 Å². The number of hydrogen-bond acceptors (Lipinski definition) is 5. The molecule has 0 aromatic carbocycles. The average Bonchev–Trinajstić information content (AvgIpc) is 2.42. The fraction of sp³-hybridized carbons (Fsp3) is 0.750. The summed E-state index contributed by atoms with van der Waals surface area (Å²) in [5.74, 6) is 0.959. The van der Waals surface area contributed by atoms with Gasteiger partial charge in [-0.15, -0.1) is 0 Å². The highest BCUT2D eigenvalue weighted by Gasteiger charge is 2.08. The summed E-state index contributed by atoms with van der Waals surface area (Å²) in [7, 11) is 5.87. The maximum atomic E-state index is 5.01. The van der Waals surface area contributed by atoms with Crippen LogP contribution >= 0.6 is 0 Å². The van der Waals surface area contributed by atoms with E-state index in [1.807, 2.05) is 0 Å². The number of rotatable bonds is 10.